The molecular formula is C14H15N5O2S. The molecule has 0 N–H and O–H groups in total. The standard InChI is InChI=1S/C14H15N5O2S/c1-9-4-10-5-16-13(22(3,20)21)18-11(10)12(17-9)19-7-14(2,6-15)8-19/h4-5H,7-8H2,1-3H3. The van der Waals surface area contributed by atoms with Crippen molar-refractivity contribution in [2.45, 2.75) is 19.0 Å². The van der Waals surface area contributed by atoms with Gasteiger partial charge in [0.25, 0.3) is 0 Å². The van der Waals surface area contributed by atoms with Gasteiger partial charge in [0.2, 0.25) is 15.0 Å². The summed E-state index contributed by atoms with van der Waals surface area (Å²) in [7, 11) is -3.48. The lowest BCUT2D eigenvalue weighted by Gasteiger charge is -2.44. The van der Waals surface area contributed by atoms with Gasteiger partial charge in [-0.1, -0.05) is 0 Å². The third-order valence-electron chi connectivity index (χ3n) is 3.63. The van der Waals surface area contributed by atoms with Crippen LogP contribution in [0.15, 0.2) is 17.4 Å². The minimum Gasteiger partial charge on any atom is -0.351 e. The second-order valence-electron chi connectivity index (χ2n) is 5.98. The van der Waals surface area contributed by atoms with Crippen molar-refractivity contribution in [3.63, 3.8) is 0 Å². The number of fused-ring (bicyclic) bond motifs is 1. The van der Waals surface area contributed by atoms with Crippen LogP contribution in [0.5, 0.6) is 0 Å². The molecule has 0 aromatic carbocycles. The van der Waals surface area contributed by atoms with Crippen LogP contribution in [0, 0.1) is 23.7 Å². The fourth-order valence-electron chi connectivity index (χ4n) is 2.55. The Morgan fingerprint density at radius 2 is 2.05 bits per heavy atom. The van der Waals surface area contributed by atoms with Gasteiger partial charge in [0.05, 0.1) is 11.5 Å². The van der Waals surface area contributed by atoms with Crippen molar-refractivity contribution in [1.82, 2.24) is 15.0 Å². The molecule has 1 aliphatic rings. The summed E-state index contributed by atoms with van der Waals surface area (Å²) in [6.45, 7) is 4.84. The van der Waals surface area contributed by atoms with E-state index in [1.54, 1.807) is 0 Å². The van der Waals surface area contributed by atoms with E-state index in [9.17, 15) is 8.42 Å². The molecule has 0 amide bonds. The number of anilines is 1. The average molecular weight is 317 g/mol. The number of aromatic nitrogens is 3. The smallest absolute Gasteiger partial charge is 0.247 e. The second kappa shape index (κ2) is 4.61. The predicted molar refractivity (Wildman–Crippen MR) is 81.1 cm³/mol. The van der Waals surface area contributed by atoms with Gasteiger partial charge in [-0.05, 0) is 19.9 Å². The van der Waals surface area contributed by atoms with Gasteiger partial charge in [-0.3, -0.25) is 0 Å². The second-order valence-corrected chi connectivity index (χ2v) is 7.89. The first kappa shape index (κ1) is 14.7. The van der Waals surface area contributed by atoms with E-state index in [0.29, 0.717) is 24.4 Å². The molecular weight excluding hydrogens is 302 g/mol. The maximum absolute atomic E-state index is 11.7. The molecule has 1 fully saturated rings. The van der Waals surface area contributed by atoms with E-state index in [-0.39, 0.29) is 5.16 Å². The molecule has 114 valence electrons. The number of rotatable bonds is 2. The largest absolute Gasteiger partial charge is 0.351 e. The van der Waals surface area contributed by atoms with Gasteiger partial charge >= 0.3 is 0 Å². The summed E-state index contributed by atoms with van der Waals surface area (Å²) >= 11 is 0. The fraction of sp³-hybridized carbons (Fsp3) is 0.429. The summed E-state index contributed by atoms with van der Waals surface area (Å²) in [4.78, 5) is 14.5. The number of nitriles is 1. The fourth-order valence-corrected chi connectivity index (χ4v) is 3.05. The third kappa shape index (κ3) is 2.37. The topological polar surface area (TPSA) is 99.8 Å². The highest BCUT2D eigenvalue weighted by Crippen LogP contribution is 2.35. The van der Waals surface area contributed by atoms with Crippen LogP contribution in [0.1, 0.15) is 12.6 Å². The van der Waals surface area contributed by atoms with Crippen molar-refractivity contribution in [2.75, 3.05) is 24.2 Å². The number of sulfone groups is 1. The number of hydrogen-bond donors (Lipinski definition) is 0. The molecule has 7 nitrogen and oxygen atoms in total. The first-order valence-electron chi connectivity index (χ1n) is 6.72. The van der Waals surface area contributed by atoms with Crippen LogP contribution in [-0.2, 0) is 9.84 Å². The van der Waals surface area contributed by atoms with Crippen LogP contribution < -0.4 is 4.90 Å². The Hall–Kier alpha value is -2.27. The lowest BCUT2D eigenvalue weighted by Crippen LogP contribution is -2.54. The Morgan fingerprint density at radius 3 is 2.64 bits per heavy atom. The monoisotopic (exact) mass is 317 g/mol. The van der Waals surface area contributed by atoms with E-state index in [1.165, 1.54) is 6.20 Å². The van der Waals surface area contributed by atoms with Crippen molar-refractivity contribution in [3.05, 3.63) is 18.0 Å². The Morgan fingerprint density at radius 1 is 1.36 bits per heavy atom. The number of aryl methyl sites for hydroxylation is 1. The molecule has 0 spiro atoms. The van der Waals surface area contributed by atoms with E-state index in [2.05, 4.69) is 21.0 Å². The van der Waals surface area contributed by atoms with Gasteiger partial charge in [-0.15, -0.1) is 0 Å². The van der Waals surface area contributed by atoms with E-state index in [1.807, 2.05) is 24.8 Å². The lowest BCUT2D eigenvalue weighted by atomic mass is 9.83. The first-order valence-corrected chi connectivity index (χ1v) is 8.62. The van der Waals surface area contributed by atoms with Crippen molar-refractivity contribution in [3.8, 4) is 6.07 Å². The maximum Gasteiger partial charge on any atom is 0.247 e. The minimum absolute atomic E-state index is 0.213. The first-order chi connectivity index (χ1) is 10.2. The molecule has 0 radical (unpaired) electrons. The van der Waals surface area contributed by atoms with E-state index in [0.717, 1.165) is 17.3 Å². The SMILES string of the molecule is Cc1cc2cnc(S(C)(=O)=O)nc2c(N2CC(C)(C#N)C2)n1. The summed E-state index contributed by atoms with van der Waals surface area (Å²) in [5, 5.41) is 9.65. The zero-order valence-corrected chi connectivity index (χ0v) is 13.3. The van der Waals surface area contributed by atoms with Crippen LogP contribution in [-0.4, -0.2) is 42.7 Å². The Labute approximate surface area is 128 Å². The van der Waals surface area contributed by atoms with E-state index in [4.69, 9.17) is 5.26 Å². The summed E-state index contributed by atoms with van der Waals surface area (Å²) in [6.07, 6.45) is 2.58. The Balaban J connectivity index is 2.15. The number of hydrogen-bond acceptors (Lipinski definition) is 7. The predicted octanol–water partition coefficient (Wildman–Crippen LogP) is 1.09. The van der Waals surface area contributed by atoms with Crippen molar-refractivity contribution in [1.29, 1.82) is 5.26 Å². The molecule has 2 aromatic rings. The van der Waals surface area contributed by atoms with Gasteiger partial charge in [0.15, 0.2) is 5.82 Å². The lowest BCUT2D eigenvalue weighted by molar-refractivity contribution is 0.335. The van der Waals surface area contributed by atoms with Crippen LogP contribution in [0.3, 0.4) is 0 Å². The Bertz CT molecular complexity index is 911. The molecule has 0 unspecified atom stereocenters. The highest BCUT2D eigenvalue weighted by atomic mass is 32.2. The number of nitrogens with zero attached hydrogens (tertiary/aromatic N) is 5. The van der Waals surface area contributed by atoms with Gasteiger partial charge in [-0.2, -0.15) is 5.26 Å². The van der Waals surface area contributed by atoms with Crippen molar-refractivity contribution >= 4 is 26.6 Å². The van der Waals surface area contributed by atoms with E-state index < -0.39 is 15.3 Å². The minimum atomic E-state index is -3.48. The molecule has 3 rings (SSSR count). The van der Waals surface area contributed by atoms with Gasteiger partial charge in [-0.25, -0.2) is 23.4 Å². The van der Waals surface area contributed by atoms with Crippen LogP contribution in [0.4, 0.5) is 5.82 Å². The zero-order valence-electron chi connectivity index (χ0n) is 12.5. The van der Waals surface area contributed by atoms with E-state index >= 15 is 0 Å². The normalized spacial score (nSPS) is 17.1. The summed E-state index contributed by atoms with van der Waals surface area (Å²) in [6, 6.07) is 4.09. The number of pyridine rings is 1. The highest BCUT2D eigenvalue weighted by molar-refractivity contribution is 7.90. The highest BCUT2D eigenvalue weighted by Gasteiger charge is 2.40. The van der Waals surface area contributed by atoms with Crippen LogP contribution in [0.25, 0.3) is 10.9 Å². The van der Waals surface area contributed by atoms with Gasteiger partial charge < -0.3 is 4.90 Å². The van der Waals surface area contributed by atoms with Crippen molar-refractivity contribution < 1.29 is 8.42 Å². The summed E-state index contributed by atoms with van der Waals surface area (Å²) in [5.74, 6) is 0.607. The van der Waals surface area contributed by atoms with Crippen molar-refractivity contribution in [2.24, 2.45) is 5.41 Å². The molecule has 3 heterocycles. The summed E-state index contributed by atoms with van der Waals surface area (Å²) in [5.41, 5.74) is 0.898. The molecule has 0 aliphatic carbocycles. The average Bonchev–Trinajstić information content (AvgIpc) is 2.41. The molecule has 2 aromatic heterocycles. The molecule has 0 saturated carbocycles. The molecule has 1 saturated heterocycles. The van der Waals surface area contributed by atoms with Crippen LogP contribution in [0.2, 0.25) is 0 Å². The zero-order chi connectivity index (χ0) is 16.1. The van der Waals surface area contributed by atoms with Gasteiger partial charge in [0.1, 0.15) is 5.52 Å². The molecule has 0 atom stereocenters. The molecule has 8 heteroatoms. The molecule has 22 heavy (non-hydrogen) atoms. The van der Waals surface area contributed by atoms with Gasteiger partial charge in [0, 0.05) is 36.6 Å². The summed E-state index contributed by atoms with van der Waals surface area (Å²) < 4.78 is 23.3. The third-order valence-corrected chi connectivity index (χ3v) is 4.49. The quantitative estimate of drug-likeness (QED) is 0.764. The molecule has 1 aliphatic heterocycles. The maximum atomic E-state index is 11.7. The molecule has 0 bridgehead atoms. The van der Waals surface area contributed by atoms with Crippen LogP contribution >= 0.6 is 0 Å². The Kier molecular flexibility index (Phi) is 3.07.